The first-order valence-corrected chi connectivity index (χ1v) is 11.0. The lowest BCUT2D eigenvalue weighted by Gasteiger charge is -2.31. The summed E-state index contributed by atoms with van der Waals surface area (Å²) in [5, 5.41) is 14.6. The molecule has 0 amide bonds. The van der Waals surface area contributed by atoms with E-state index in [1.165, 1.54) is 18.3 Å². The molecule has 1 heterocycles. The van der Waals surface area contributed by atoms with Gasteiger partial charge in [0.2, 0.25) is 10.0 Å². The SMILES string of the molecule is CCC(/C=C/C#N)(c1ccc(Cl)cc1)n1ncc2c(NS(C)(=O)=O)cc(F)cc21. The van der Waals surface area contributed by atoms with Gasteiger partial charge in [-0.2, -0.15) is 10.4 Å². The Hall–Kier alpha value is -2.89. The molecule has 1 unspecified atom stereocenters. The van der Waals surface area contributed by atoms with Crippen LogP contribution in [0.3, 0.4) is 0 Å². The molecule has 0 aliphatic carbocycles. The summed E-state index contributed by atoms with van der Waals surface area (Å²) >= 11 is 6.02. The van der Waals surface area contributed by atoms with Crippen LogP contribution >= 0.6 is 11.6 Å². The largest absolute Gasteiger partial charge is 0.283 e. The van der Waals surface area contributed by atoms with Crippen molar-refractivity contribution in [1.82, 2.24) is 9.78 Å². The second-order valence-electron chi connectivity index (χ2n) is 6.56. The van der Waals surface area contributed by atoms with Gasteiger partial charge in [-0.1, -0.05) is 30.7 Å². The standard InChI is InChI=1S/C20H18ClFN4O2S/c1-3-20(9-4-10-23,14-5-7-15(21)8-6-14)26-19-12-16(22)11-18(17(19)13-24-26)25-29(2,27)28/h4-9,11-13,25H,3H2,1-2H3/b9-4+. The summed E-state index contributed by atoms with van der Waals surface area (Å²) in [5.41, 5.74) is 0.371. The summed E-state index contributed by atoms with van der Waals surface area (Å²) < 4.78 is 41.7. The lowest BCUT2D eigenvalue weighted by molar-refractivity contribution is 0.402. The maximum atomic E-state index is 14.4. The number of aromatic nitrogens is 2. The second kappa shape index (κ2) is 7.85. The quantitative estimate of drug-likeness (QED) is 0.583. The van der Waals surface area contributed by atoms with Crippen molar-refractivity contribution in [2.45, 2.75) is 18.9 Å². The molecule has 0 saturated heterocycles. The molecule has 1 N–H and O–H groups in total. The number of hydrogen-bond acceptors (Lipinski definition) is 4. The molecular formula is C20H18ClFN4O2S. The summed E-state index contributed by atoms with van der Waals surface area (Å²) in [5.74, 6) is -0.615. The van der Waals surface area contributed by atoms with Crippen LogP contribution in [-0.4, -0.2) is 24.5 Å². The second-order valence-corrected chi connectivity index (χ2v) is 8.75. The summed E-state index contributed by atoms with van der Waals surface area (Å²) in [4.78, 5) is 0. The van der Waals surface area contributed by atoms with Crippen molar-refractivity contribution < 1.29 is 12.8 Å². The zero-order valence-electron chi connectivity index (χ0n) is 15.7. The van der Waals surface area contributed by atoms with E-state index in [-0.39, 0.29) is 5.69 Å². The molecule has 0 bridgehead atoms. The molecule has 0 spiro atoms. The van der Waals surface area contributed by atoms with E-state index in [0.717, 1.165) is 17.9 Å². The third-order valence-corrected chi connectivity index (χ3v) is 5.49. The van der Waals surface area contributed by atoms with Crippen LogP contribution in [0.25, 0.3) is 10.9 Å². The Morgan fingerprint density at radius 1 is 1.34 bits per heavy atom. The Bertz CT molecular complexity index is 1230. The molecule has 0 aliphatic heterocycles. The van der Waals surface area contributed by atoms with Gasteiger partial charge in [0.05, 0.1) is 29.7 Å². The van der Waals surface area contributed by atoms with Crippen molar-refractivity contribution in [3.05, 3.63) is 71.2 Å². The zero-order chi connectivity index (χ0) is 21.2. The molecular weight excluding hydrogens is 415 g/mol. The minimum absolute atomic E-state index is 0.0964. The summed E-state index contributed by atoms with van der Waals surface area (Å²) in [6.45, 7) is 1.92. The first kappa shape index (κ1) is 20.8. The number of nitrogens with zero attached hydrogens (tertiary/aromatic N) is 3. The van der Waals surface area contributed by atoms with E-state index in [1.807, 2.05) is 25.1 Å². The topological polar surface area (TPSA) is 87.8 Å². The van der Waals surface area contributed by atoms with Gasteiger partial charge in [0.25, 0.3) is 0 Å². The van der Waals surface area contributed by atoms with E-state index < -0.39 is 21.4 Å². The number of anilines is 1. The summed E-state index contributed by atoms with van der Waals surface area (Å²) in [7, 11) is -3.61. The van der Waals surface area contributed by atoms with Crippen LogP contribution in [0.1, 0.15) is 18.9 Å². The van der Waals surface area contributed by atoms with E-state index in [2.05, 4.69) is 9.82 Å². The van der Waals surface area contributed by atoms with Crippen LogP contribution in [0.5, 0.6) is 0 Å². The Balaban J connectivity index is 2.33. The molecule has 29 heavy (non-hydrogen) atoms. The molecule has 0 radical (unpaired) electrons. The third-order valence-electron chi connectivity index (χ3n) is 4.64. The van der Waals surface area contributed by atoms with Crippen molar-refractivity contribution >= 4 is 38.2 Å². The van der Waals surface area contributed by atoms with Gasteiger partial charge in [0.1, 0.15) is 11.4 Å². The zero-order valence-corrected chi connectivity index (χ0v) is 17.3. The lowest BCUT2D eigenvalue weighted by Crippen LogP contribution is -2.33. The molecule has 1 atom stereocenters. The first-order chi connectivity index (χ1) is 13.7. The molecule has 6 nitrogen and oxygen atoms in total. The van der Waals surface area contributed by atoms with E-state index >= 15 is 0 Å². The van der Waals surface area contributed by atoms with Gasteiger partial charge in [-0.05, 0) is 42.3 Å². The molecule has 3 rings (SSSR count). The summed E-state index contributed by atoms with van der Waals surface area (Å²) in [6.07, 6.45) is 6.00. The number of nitriles is 1. The van der Waals surface area contributed by atoms with Gasteiger partial charge in [-0.3, -0.25) is 9.40 Å². The van der Waals surface area contributed by atoms with Crippen molar-refractivity contribution in [3.63, 3.8) is 0 Å². The molecule has 0 saturated carbocycles. The fourth-order valence-corrected chi connectivity index (χ4v) is 4.06. The van der Waals surface area contributed by atoms with Gasteiger partial charge in [0.15, 0.2) is 0 Å². The van der Waals surface area contributed by atoms with E-state index in [9.17, 15) is 12.8 Å². The monoisotopic (exact) mass is 432 g/mol. The fraction of sp³-hybridized carbons (Fsp3) is 0.200. The minimum Gasteiger partial charge on any atom is -0.283 e. The minimum atomic E-state index is -3.61. The number of rotatable bonds is 6. The Morgan fingerprint density at radius 2 is 2.03 bits per heavy atom. The highest BCUT2D eigenvalue weighted by Crippen LogP contribution is 2.37. The number of nitrogens with one attached hydrogen (secondary N) is 1. The van der Waals surface area contributed by atoms with Gasteiger partial charge in [-0.15, -0.1) is 0 Å². The normalized spacial score (nSPS) is 14.0. The van der Waals surface area contributed by atoms with Crippen molar-refractivity contribution in [2.75, 3.05) is 11.0 Å². The van der Waals surface area contributed by atoms with E-state index in [4.69, 9.17) is 16.9 Å². The fourth-order valence-electron chi connectivity index (χ4n) is 3.37. The van der Waals surface area contributed by atoms with Crippen molar-refractivity contribution in [3.8, 4) is 6.07 Å². The molecule has 150 valence electrons. The Kier molecular flexibility index (Phi) is 5.64. The molecule has 0 aliphatic rings. The van der Waals surface area contributed by atoms with E-state index in [0.29, 0.717) is 22.3 Å². The predicted octanol–water partition coefficient (Wildman–Crippen LogP) is 4.43. The number of fused-ring (bicyclic) bond motifs is 1. The number of allylic oxidation sites excluding steroid dienone is 2. The van der Waals surface area contributed by atoms with Crippen molar-refractivity contribution in [2.24, 2.45) is 0 Å². The number of halogens is 2. The predicted molar refractivity (Wildman–Crippen MR) is 112 cm³/mol. The maximum Gasteiger partial charge on any atom is 0.229 e. The van der Waals surface area contributed by atoms with Gasteiger partial charge >= 0.3 is 0 Å². The number of sulfonamides is 1. The number of hydrogen-bond donors (Lipinski definition) is 1. The molecule has 1 aromatic heterocycles. The summed E-state index contributed by atoms with van der Waals surface area (Å²) in [6, 6.07) is 11.5. The average Bonchev–Trinajstić information content (AvgIpc) is 3.07. The van der Waals surface area contributed by atoms with Gasteiger partial charge in [-0.25, -0.2) is 12.8 Å². The average molecular weight is 433 g/mol. The Labute approximate surface area is 173 Å². The first-order valence-electron chi connectivity index (χ1n) is 8.69. The van der Waals surface area contributed by atoms with Crippen LogP contribution in [0.4, 0.5) is 10.1 Å². The van der Waals surface area contributed by atoms with Gasteiger partial charge in [0, 0.05) is 16.5 Å². The van der Waals surface area contributed by atoms with Crippen LogP contribution in [-0.2, 0) is 15.6 Å². The highest BCUT2D eigenvalue weighted by molar-refractivity contribution is 7.92. The number of benzene rings is 2. The Morgan fingerprint density at radius 3 is 2.62 bits per heavy atom. The van der Waals surface area contributed by atoms with Crippen LogP contribution in [0.2, 0.25) is 5.02 Å². The van der Waals surface area contributed by atoms with Crippen LogP contribution in [0, 0.1) is 17.1 Å². The van der Waals surface area contributed by atoms with Crippen molar-refractivity contribution in [1.29, 1.82) is 5.26 Å². The third kappa shape index (κ3) is 4.11. The van der Waals surface area contributed by atoms with Gasteiger partial charge < -0.3 is 0 Å². The molecule has 0 fully saturated rings. The highest BCUT2D eigenvalue weighted by atomic mass is 35.5. The molecule has 2 aromatic carbocycles. The van der Waals surface area contributed by atoms with Crippen LogP contribution < -0.4 is 4.72 Å². The highest BCUT2D eigenvalue weighted by Gasteiger charge is 2.32. The smallest absolute Gasteiger partial charge is 0.229 e. The molecule has 9 heteroatoms. The molecule has 3 aromatic rings. The lowest BCUT2D eigenvalue weighted by atomic mass is 9.86. The van der Waals surface area contributed by atoms with E-state index in [1.54, 1.807) is 22.9 Å². The maximum absolute atomic E-state index is 14.4. The van der Waals surface area contributed by atoms with Crippen LogP contribution in [0.15, 0.2) is 54.7 Å².